The number of unbranched alkanes of at least 4 members (excludes halogenated alkanes) is 1. The van der Waals surface area contributed by atoms with Crippen LogP contribution < -0.4 is 16.2 Å². The topological polar surface area (TPSA) is 53.2 Å². The number of anilines is 2. The molecule has 1 amide bonds. The molecule has 0 saturated heterocycles. The van der Waals surface area contributed by atoms with Crippen LogP contribution in [0.3, 0.4) is 0 Å². The second-order valence-corrected chi connectivity index (χ2v) is 3.24. The predicted molar refractivity (Wildman–Crippen MR) is 62.7 cm³/mol. The first-order valence-corrected chi connectivity index (χ1v) is 5.16. The van der Waals surface area contributed by atoms with Crippen LogP contribution in [-0.4, -0.2) is 13.0 Å². The number of carbonyl (C=O) groups is 1. The van der Waals surface area contributed by atoms with Gasteiger partial charge in [-0.3, -0.25) is 15.6 Å². The van der Waals surface area contributed by atoms with Gasteiger partial charge in [0.15, 0.2) is 0 Å². The molecule has 0 heterocycles. The van der Waals surface area contributed by atoms with Crippen molar-refractivity contribution < 1.29 is 4.79 Å². The molecule has 4 nitrogen and oxygen atoms in total. The maximum atomic E-state index is 10.0. The summed E-state index contributed by atoms with van der Waals surface area (Å²) in [6.07, 6.45) is 2.97. The summed E-state index contributed by atoms with van der Waals surface area (Å²) < 4.78 is 0. The van der Waals surface area contributed by atoms with Crippen LogP contribution in [0.15, 0.2) is 24.3 Å². The van der Waals surface area contributed by atoms with Crippen LogP contribution >= 0.6 is 0 Å². The van der Waals surface area contributed by atoms with Crippen molar-refractivity contribution in [3.05, 3.63) is 24.3 Å². The first kappa shape index (κ1) is 11.4. The van der Waals surface area contributed by atoms with E-state index in [2.05, 4.69) is 23.1 Å². The molecule has 1 aromatic rings. The summed E-state index contributed by atoms with van der Waals surface area (Å²) in [6, 6.07) is 7.77. The lowest BCUT2D eigenvalue weighted by atomic mass is 10.2. The van der Waals surface area contributed by atoms with Crippen LogP contribution in [0.5, 0.6) is 0 Å². The number of hydrogen-bond donors (Lipinski definition) is 3. The van der Waals surface area contributed by atoms with Crippen LogP contribution in [0.2, 0.25) is 0 Å². The van der Waals surface area contributed by atoms with E-state index in [1.807, 2.05) is 24.3 Å². The Labute approximate surface area is 90.0 Å². The fourth-order valence-corrected chi connectivity index (χ4v) is 1.19. The molecule has 15 heavy (non-hydrogen) atoms. The summed E-state index contributed by atoms with van der Waals surface area (Å²) in [5.41, 5.74) is 7.09. The van der Waals surface area contributed by atoms with E-state index < -0.39 is 0 Å². The van der Waals surface area contributed by atoms with E-state index >= 15 is 0 Å². The first-order valence-electron chi connectivity index (χ1n) is 5.16. The zero-order chi connectivity index (χ0) is 10.9. The van der Waals surface area contributed by atoms with Gasteiger partial charge >= 0.3 is 0 Å². The van der Waals surface area contributed by atoms with Gasteiger partial charge in [0, 0.05) is 12.2 Å². The quantitative estimate of drug-likeness (QED) is 0.364. The van der Waals surface area contributed by atoms with Crippen LogP contribution in [-0.2, 0) is 4.79 Å². The summed E-state index contributed by atoms with van der Waals surface area (Å²) in [5.74, 6) is 0. The monoisotopic (exact) mass is 207 g/mol. The average Bonchev–Trinajstić information content (AvgIpc) is 2.28. The number of rotatable bonds is 7. The molecule has 0 spiro atoms. The summed E-state index contributed by atoms with van der Waals surface area (Å²) in [4.78, 5) is 10.0. The van der Waals surface area contributed by atoms with Gasteiger partial charge in [-0.25, -0.2) is 0 Å². The number of nitrogens with one attached hydrogen (secondary N) is 3. The highest BCUT2D eigenvalue weighted by molar-refractivity contribution is 5.56. The second-order valence-electron chi connectivity index (χ2n) is 3.24. The summed E-state index contributed by atoms with van der Waals surface area (Å²) >= 11 is 0. The number of benzene rings is 1. The van der Waals surface area contributed by atoms with Gasteiger partial charge in [0.2, 0.25) is 6.41 Å². The number of amides is 1. The lowest BCUT2D eigenvalue weighted by Crippen LogP contribution is -2.18. The van der Waals surface area contributed by atoms with Crippen molar-refractivity contribution in [2.75, 3.05) is 17.3 Å². The molecule has 3 N–H and O–H groups in total. The van der Waals surface area contributed by atoms with Crippen LogP contribution in [0.1, 0.15) is 19.8 Å². The van der Waals surface area contributed by atoms with Crippen molar-refractivity contribution in [3.63, 3.8) is 0 Å². The summed E-state index contributed by atoms with van der Waals surface area (Å²) in [7, 11) is 0. The molecule has 0 aliphatic rings. The molecule has 4 heteroatoms. The SMILES string of the molecule is CCCCNc1ccc(NNC=O)cc1. The standard InChI is InChI=1S/C11H17N3O/c1-2-3-8-12-10-4-6-11(7-5-10)14-13-9-15/h4-7,9,12,14H,2-3,8H2,1H3,(H,13,15). The van der Waals surface area contributed by atoms with Gasteiger partial charge in [0.05, 0.1) is 5.69 Å². The van der Waals surface area contributed by atoms with Crippen LogP contribution in [0, 0.1) is 0 Å². The Morgan fingerprint density at radius 2 is 1.87 bits per heavy atom. The third kappa shape index (κ3) is 4.35. The van der Waals surface area contributed by atoms with E-state index in [0.717, 1.165) is 17.9 Å². The zero-order valence-corrected chi connectivity index (χ0v) is 8.92. The van der Waals surface area contributed by atoms with E-state index in [9.17, 15) is 4.79 Å². The van der Waals surface area contributed by atoms with Crippen LogP contribution in [0.25, 0.3) is 0 Å². The Hall–Kier alpha value is -1.71. The molecule has 1 aromatic carbocycles. The van der Waals surface area contributed by atoms with Crippen molar-refractivity contribution >= 4 is 17.8 Å². The number of hydrazine groups is 1. The van der Waals surface area contributed by atoms with Crippen molar-refractivity contribution in [2.45, 2.75) is 19.8 Å². The highest BCUT2D eigenvalue weighted by atomic mass is 16.1. The van der Waals surface area contributed by atoms with Gasteiger partial charge in [0.25, 0.3) is 0 Å². The Morgan fingerprint density at radius 1 is 1.20 bits per heavy atom. The third-order valence-electron chi connectivity index (χ3n) is 2.02. The molecule has 0 bridgehead atoms. The lowest BCUT2D eigenvalue weighted by Gasteiger charge is -2.07. The highest BCUT2D eigenvalue weighted by Gasteiger charge is 1.92. The molecule has 0 aromatic heterocycles. The smallest absolute Gasteiger partial charge is 0.225 e. The predicted octanol–water partition coefficient (Wildman–Crippen LogP) is 1.97. The number of hydrogen-bond acceptors (Lipinski definition) is 3. The molecule has 0 unspecified atom stereocenters. The fourth-order valence-electron chi connectivity index (χ4n) is 1.19. The minimum atomic E-state index is 0.605. The van der Waals surface area contributed by atoms with Gasteiger partial charge in [-0.15, -0.1) is 0 Å². The molecule has 82 valence electrons. The molecule has 0 aliphatic heterocycles. The fraction of sp³-hybridized carbons (Fsp3) is 0.364. The molecule has 1 rings (SSSR count). The summed E-state index contributed by atoms with van der Waals surface area (Å²) in [5, 5.41) is 3.31. The van der Waals surface area contributed by atoms with Crippen LogP contribution in [0.4, 0.5) is 11.4 Å². The lowest BCUT2D eigenvalue weighted by molar-refractivity contribution is -0.109. The van der Waals surface area contributed by atoms with E-state index in [1.54, 1.807) is 0 Å². The molecular weight excluding hydrogens is 190 g/mol. The van der Waals surface area contributed by atoms with Gasteiger partial charge in [-0.2, -0.15) is 0 Å². The maximum absolute atomic E-state index is 10.0. The van der Waals surface area contributed by atoms with E-state index in [1.165, 1.54) is 12.8 Å². The molecule has 0 atom stereocenters. The van der Waals surface area contributed by atoms with E-state index in [4.69, 9.17) is 0 Å². The highest BCUT2D eigenvalue weighted by Crippen LogP contribution is 2.12. The summed E-state index contributed by atoms with van der Waals surface area (Å²) in [6.45, 7) is 3.16. The minimum Gasteiger partial charge on any atom is -0.385 e. The molecule has 0 saturated carbocycles. The third-order valence-corrected chi connectivity index (χ3v) is 2.02. The zero-order valence-electron chi connectivity index (χ0n) is 8.92. The Kier molecular flexibility index (Phi) is 5.08. The minimum absolute atomic E-state index is 0.605. The molecule has 0 fully saturated rings. The van der Waals surface area contributed by atoms with Crippen molar-refractivity contribution in [1.29, 1.82) is 0 Å². The van der Waals surface area contributed by atoms with E-state index in [0.29, 0.717) is 6.41 Å². The van der Waals surface area contributed by atoms with Crippen molar-refractivity contribution in [1.82, 2.24) is 5.43 Å². The largest absolute Gasteiger partial charge is 0.385 e. The molecule has 0 radical (unpaired) electrons. The van der Waals surface area contributed by atoms with E-state index in [-0.39, 0.29) is 0 Å². The maximum Gasteiger partial charge on any atom is 0.225 e. The Bertz CT molecular complexity index is 284. The van der Waals surface area contributed by atoms with Crippen molar-refractivity contribution in [2.24, 2.45) is 0 Å². The molecular formula is C11H17N3O. The first-order chi connectivity index (χ1) is 7.36. The normalized spacial score (nSPS) is 9.40. The average molecular weight is 207 g/mol. The van der Waals surface area contributed by atoms with Gasteiger partial charge in [-0.1, -0.05) is 13.3 Å². The second kappa shape index (κ2) is 6.70. The Balaban J connectivity index is 2.38. The van der Waals surface area contributed by atoms with Gasteiger partial charge in [-0.05, 0) is 30.7 Å². The van der Waals surface area contributed by atoms with Gasteiger partial charge in [0.1, 0.15) is 0 Å². The molecule has 0 aliphatic carbocycles. The van der Waals surface area contributed by atoms with Crippen molar-refractivity contribution in [3.8, 4) is 0 Å². The van der Waals surface area contributed by atoms with Gasteiger partial charge < -0.3 is 5.32 Å². The number of carbonyl (C=O) groups excluding carboxylic acids is 1. The Morgan fingerprint density at radius 3 is 2.47 bits per heavy atom.